The third-order valence-corrected chi connectivity index (χ3v) is 4.89. The number of amides is 1. The lowest BCUT2D eigenvalue weighted by molar-refractivity contribution is -0.0238. The summed E-state index contributed by atoms with van der Waals surface area (Å²) in [5.41, 5.74) is 2.71. The average Bonchev–Trinajstić information content (AvgIpc) is 2.83. The standard InChI is InChI=1S/C18H29N3O3/c1-11(2)23-14-6-8-21(9-7-14)18(22)17-15-10-12(3)24-13(4)16(15)19-20(17)5/h11-14H,6-10H2,1-5H3/t12-,13+/m1/s1. The van der Waals surface area contributed by atoms with Gasteiger partial charge in [0.25, 0.3) is 5.91 Å². The number of carbonyl (C=O) groups excluding carboxylic acids is 1. The van der Waals surface area contributed by atoms with Crippen molar-refractivity contribution in [2.75, 3.05) is 13.1 Å². The van der Waals surface area contributed by atoms with Gasteiger partial charge >= 0.3 is 0 Å². The second-order valence-electron chi connectivity index (χ2n) is 7.31. The van der Waals surface area contributed by atoms with Crippen molar-refractivity contribution in [2.24, 2.45) is 7.05 Å². The van der Waals surface area contributed by atoms with Crippen molar-refractivity contribution >= 4 is 5.91 Å². The minimum atomic E-state index is -0.0540. The van der Waals surface area contributed by atoms with Crippen LogP contribution in [0.25, 0.3) is 0 Å². The molecule has 3 rings (SSSR count). The summed E-state index contributed by atoms with van der Waals surface area (Å²) in [6, 6.07) is 0. The van der Waals surface area contributed by atoms with Crippen molar-refractivity contribution in [1.82, 2.24) is 14.7 Å². The maximum Gasteiger partial charge on any atom is 0.272 e. The van der Waals surface area contributed by atoms with Gasteiger partial charge in [0.2, 0.25) is 0 Å². The molecule has 2 atom stereocenters. The first-order valence-electron chi connectivity index (χ1n) is 9.02. The molecule has 0 bridgehead atoms. The van der Waals surface area contributed by atoms with E-state index in [0.29, 0.717) is 0 Å². The summed E-state index contributed by atoms with van der Waals surface area (Å²) in [7, 11) is 1.86. The zero-order valence-corrected chi connectivity index (χ0v) is 15.4. The molecular formula is C18H29N3O3. The van der Waals surface area contributed by atoms with Crippen LogP contribution < -0.4 is 0 Å². The van der Waals surface area contributed by atoms with Gasteiger partial charge in [0, 0.05) is 32.1 Å². The van der Waals surface area contributed by atoms with E-state index in [1.165, 1.54) is 0 Å². The minimum absolute atomic E-state index is 0.0540. The van der Waals surface area contributed by atoms with Crippen LogP contribution in [0.1, 0.15) is 68.4 Å². The van der Waals surface area contributed by atoms with Crippen molar-refractivity contribution in [3.63, 3.8) is 0 Å². The van der Waals surface area contributed by atoms with Gasteiger partial charge < -0.3 is 14.4 Å². The highest BCUT2D eigenvalue weighted by molar-refractivity contribution is 5.94. The van der Waals surface area contributed by atoms with E-state index >= 15 is 0 Å². The Labute approximate surface area is 144 Å². The molecule has 2 aliphatic rings. The monoisotopic (exact) mass is 335 g/mol. The second kappa shape index (κ2) is 6.84. The molecule has 24 heavy (non-hydrogen) atoms. The summed E-state index contributed by atoms with van der Waals surface area (Å²) < 4.78 is 13.5. The van der Waals surface area contributed by atoms with Crippen molar-refractivity contribution in [1.29, 1.82) is 0 Å². The summed E-state index contributed by atoms with van der Waals surface area (Å²) in [6.07, 6.45) is 3.13. The fourth-order valence-corrected chi connectivity index (χ4v) is 3.86. The third-order valence-electron chi connectivity index (χ3n) is 4.89. The molecule has 0 N–H and O–H groups in total. The van der Waals surface area contributed by atoms with Gasteiger partial charge in [-0.15, -0.1) is 0 Å². The largest absolute Gasteiger partial charge is 0.375 e. The molecule has 0 aliphatic carbocycles. The van der Waals surface area contributed by atoms with Crippen molar-refractivity contribution in [3.05, 3.63) is 17.0 Å². The van der Waals surface area contributed by atoms with Crippen LogP contribution in [-0.2, 0) is 22.9 Å². The molecule has 6 heteroatoms. The summed E-state index contributed by atoms with van der Waals surface area (Å²) in [4.78, 5) is 15.0. The third kappa shape index (κ3) is 3.35. The van der Waals surface area contributed by atoms with E-state index in [1.54, 1.807) is 4.68 Å². The molecular weight excluding hydrogens is 306 g/mol. The first kappa shape index (κ1) is 17.4. The maximum absolute atomic E-state index is 13.1. The van der Waals surface area contributed by atoms with Crippen LogP contribution in [-0.4, -0.2) is 52.0 Å². The smallest absolute Gasteiger partial charge is 0.272 e. The Morgan fingerprint density at radius 1 is 1.29 bits per heavy atom. The van der Waals surface area contributed by atoms with E-state index in [0.717, 1.165) is 49.3 Å². The van der Waals surface area contributed by atoms with Gasteiger partial charge in [-0.25, -0.2) is 0 Å². The first-order valence-corrected chi connectivity index (χ1v) is 9.02. The number of ether oxygens (including phenoxy) is 2. The maximum atomic E-state index is 13.1. The van der Waals surface area contributed by atoms with Crippen LogP contribution in [0.3, 0.4) is 0 Å². The highest BCUT2D eigenvalue weighted by atomic mass is 16.5. The number of hydrogen-bond donors (Lipinski definition) is 0. The molecule has 1 aromatic rings. The zero-order valence-electron chi connectivity index (χ0n) is 15.4. The van der Waals surface area contributed by atoms with E-state index in [-0.39, 0.29) is 30.3 Å². The van der Waals surface area contributed by atoms with Gasteiger partial charge in [0.1, 0.15) is 5.69 Å². The molecule has 1 saturated heterocycles. The molecule has 2 aliphatic heterocycles. The Kier molecular flexibility index (Phi) is 4.97. The number of rotatable bonds is 3. The summed E-state index contributed by atoms with van der Waals surface area (Å²) >= 11 is 0. The Bertz CT molecular complexity index is 603. The Balaban J connectivity index is 1.75. The number of piperidine rings is 1. The lowest BCUT2D eigenvalue weighted by atomic mass is 9.98. The number of fused-ring (bicyclic) bond motifs is 1. The summed E-state index contributed by atoms with van der Waals surface area (Å²) in [5.74, 6) is 0.0931. The van der Waals surface area contributed by atoms with E-state index in [4.69, 9.17) is 9.47 Å². The highest BCUT2D eigenvalue weighted by Crippen LogP contribution is 2.32. The van der Waals surface area contributed by atoms with Crippen molar-refractivity contribution in [3.8, 4) is 0 Å². The first-order chi connectivity index (χ1) is 11.4. The van der Waals surface area contributed by atoms with Crippen LogP contribution in [0.2, 0.25) is 0 Å². The molecule has 0 aromatic carbocycles. The molecule has 134 valence electrons. The van der Waals surface area contributed by atoms with Gasteiger partial charge in [-0.1, -0.05) is 0 Å². The van der Waals surface area contributed by atoms with Gasteiger partial charge in [0.15, 0.2) is 0 Å². The predicted molar refractivity (Wildman–Crippen MR) is 91.0 cm³/mol. The van der Waals surface area contributed by atoms with Gasteiger partial charge in [-0.3, -0.25) is 9.48 Å². The number of likely N-dealkylation sites (tertiary alicyclic amines) is 1. The van der Waals surface area contributed by atoms with Crippen LogP contribution in [0, 0.1) is 0 Å². The predicted octanol–water partition coefficient (Wildman–Crippen LogP) is 2.47. The number of aromatic nitrogens is 2. The molecule has 0 spiro atoms. The SMILES string of the molecule is CC(C)OC1CCN(C(=O)c2c3c(nn2C)[C@H](C)O[C@H](C)C3)CC1. The fraction of sp³-hybridized carbons (Fsp3) is 0.778. The average molecular weight is 335 g/mol. The summed E-state index contributed by atoms with van der Waals surface area (Å²) in [6.45, 7) is 9.67. The quantitative estimate of drug-likeness (QED) is 0.851. The fourth-order valence-electron chi connectivity index (χ4n) is 3.86. The minimum Gasteiger partial charge on any atom is -0.375 e. The molecule has 0 unspecified atom stereocenters. The van der Waals surface area contributed by atoms with Crippen LogP contribution in [0.15, 0.2) is 0 Å². The molecule has 0 radical (unpaired) electrons. The van der Waals surface area contributed by atoms with E-state index < -0.39 is 0 Å². The molecule has 3 heterocycles. The molecule has 1 aromatic heterocycles. The van der Waals surface area contributed by atoms with E-state index in [9.17, 15) is 4.79 Å². The summed E-state index contributed by atoms with van der Waals surface area (Å²) in [5, 5.41) is 4.56. The van der Waals surface area contributed by atoms with Crippen molar-refractivity contribution in [2.45, 2.75) is 71.4 Å². The lowest BCUT2D eigenvalue weighted by Gasteiger charge is -2.33. The van der Waals surface area contributed by atoms with Gasteiger partial charge in [-0.05, 0) is 40.5 Å². The second-order valence-corrected chi connectivity index (χ2v) is 7.31. The Morgan fingerprint density at radius 2 is 1.96 bits per heavy atom. The number of carbonyl (C=O) groups is 1. The Hall–Kier alpha value is -1.40. The zero-order chi connectivity index (χ0) is 17.4. The normalized spacial score (nSPS) is 25.2. The van der Waals surface area contributed by atoms with Crippen LogP contribution in [0.4, 0.5) is 0 Å². The van der Waals surface area contributed by atoms with Crippen LogP contribution in [0.5, 0.6) is 0 Å². The van der Waals surface area contributed by atoms with Gasteiger partial charge in [0.05, 0.1) is 30.1 Å². The van der Waals surface area contributed by atoms with E-state index in [1.807, 2.05) is 18.9 Å². The number of hydrogen-bond acceptors (Lipinski definition) is 4. The van der Waals surface area contributed by atoms with Gasteiger partial charge in [-0.2, -0.15) is 5.10 Å². The highest BCUT2D eigenvalue weighted by Gasteiger charge is 2.34. The molecule has 6 nitrogen and oxygen atoms in total. The molecule has 0 saturated carbocycles. The number of aryl methyl sites for hydroxylation is 1. The Morgan fingerprint density at radius 3 is 2.58 bits per heavy atom. The van der Waals surface area contributed by atoms with Crippen LogP contribution >= 0.6 is 0 Å². The lowest BCUT2D eigenvalue weighted by Crippen LogP contribution is -2.42. The topological polar surface area (TPSA) is 56.6 Å². The molecule has 1 fully saturated rings. The molecule has 1 amide bonds. The van der Waals surface area contributed by atoms with E-state index in [2.05, 4.69) is 25.9 Å². The number of nitrogens with zero attached hydrogens (tertiary/aromatic N) is 3. The van der Waals surface area contributed by atoms with Crippen molar-refractivity contribution < 1.29 is 14.3 Å².